The van der Waals surface area contributed by atoms with Gasteiger partial charge in [-0.15, -0.1) is 10.2 Å². The minimum Gasteiger partial charge on any atom is -0.361 e. The summed E-state index contributed by atoms with van der Waals surface area (Å²) in [5.41, 5.74) is 2.56. The zero-order chi connectivity index (χ0) is 28.4. The molecule has 0 atom stereocenters. The van der Waals surface area contributed by atoms with Crippen LogP contribution in [0.5, 0.6) is 0 Å². The maximum absolute atomic E-state index is 11.5. The van der Waals surface area contributed by atoms with E-state index < -0.39 is 4.92 Å². The second-order valence-electron chi connectivity index (χ2n) is 11.2. The van der Waals surface area contributed by atoms with E-state index in [-0.39, 0.29) is 23.1 Å². The number of aryl methyl sites for hydroxylation is 1. The van der Waals surface area contributed by atoms with Crippen molar-refractivity contribution < 1.29 is 14.7 Å². The first-order chi connectivity index (χ1) is 17.7. The van der Waals surface area contributed by atoms with Crippen molar-refractivity contribution in [3.8, 4) is 5.69 Å². The van der Waals surface area contributed by atoms with Crippen molar-refractivity contribution in [2.45, 2.75) is 65.9 Å². The molecule has 2 aromatic heterocycles. The zero-order valence-electron chi connectivity index (χ0n) is 23.9. The lowest BCUT2D eigenvalue weighted by atomic mass is 9.89. The van der Waals surface area contributed by atoms with Crippen LogP contribution < -0.4 is 4.90 Å². The van der Waals surface area contributed by atoms with E-state index in [2.05, 4.69) is 20.8 Å². The van der Waals surface area contributed by atoms with Gasteiger partial charge in [-0.3, -0.25) is 14.8 Å². The first kappa shape index (κ1) is 28.9. The van der Waals surface area contributed by atoms with E-state index in [9.17, 15) is 10.1 Å². The van der Waals surface area contributed by atoms with E-state index >= 15 is 0 Å². The zero-order valence-corrected chi connectivity index (χ0v) is 23.9. The highest BCUT2D eigenvalue weighted by Gasteiger charge is 2.30. The van der Waals surface area contributed by atoms with Gasteiger partial charge in [0.05, 0.1) is 34.2 Å². The number of nitro benzene ring substituents is 1. The Morgan fingerprint density at radius 2 is 1.68 bits per heavy atom. The Morgan fingerprint density at radius 3 is 2.24 bits per heavy atom. The molecule has 0 fully saturated rings. The number of anilines is 1. The summed E-state index contributed by atoms with van der Waals surface area (Å²) in [6, 6.07) is 6.26. The maximum Gasteiger partial charge on any atom is 0.271 e. The third-order valence-electron chi connectivity index (χ3n) is 5.73. The van der Waals surface area contributed by atoms with E-state index in [1.165, 1.54) is 12.1 Å². The third kappa shape index (κ3) is 6.08. The van der Waals surface area contributed by atoms with E-state index in [1.54, 1.807) is 21.5 Å². The topological polar surface area (TPSA) is 125 Å². The molecule has 0 radical (unpaired) electrons. The molecule has 0 aliphatic heterocycles. The molecule has 0 bridgehead atoms. The van der Waals surface area contributed by atoms with E-state index in [4.69, 9.17) is 30.2 Å². The largest absolute Gasteiger partial charge is 0.361 e. The monoisotopic (exact) mass is 526 g/mol. The highest BCUT2D eigenvalue weighted by atomic mass is 17.2. The summed E-state index contributed by atoms with van der Waals surface area (Å²) in [5.74, 6) is 1.19. The minimum atomic E-state index is -0.438. The van der Waals surface area contributed by atoms with Crippen molar-refractivity contribution >= 4 is 23.0 Å². The summed E-state index contributed by atoms with van der Waals surface area (Å²) in [6.07, 6.45) is 0. The van der Waals surface area contributed by atoms with E-state index in [0.29, 0.717) is 35.1 Å². The normalized spacial score (nSPS) is 12.5. The summed E-state index contributed by atoms with van der Waals surface area (Å²) < 4.78 is 3.36. The number of azo groups is 1. The average molecular weight is 527 g/mol. The molecule has 0 aliphatic rings. The van der Waals surface area contributed by atoms with Gasteiger partial charge < -0.3 is 4.90 Å². The molecule has 12 heteroatoms. The molecule has 0 aliphatic carbocycles. The predicted molar refractivity (Wildman–Crippen MR) is 146 cm³/mol. The Morgan fingerprint density at radius 1 is 1.03 bits per heavy atom. The van der Waals surface area contributed by atoms with Crippen LogP contribution in [0.3, 0.4) is 0 Å². The quantitative estimate of drug-likeness (QED) is 0.109. The van der Waals surface area contributed by atoms with E-state index in [1.807, 2.05) is 53.7 Å². The van der Waals surface area contributed by atoms with Gasteiger partial charge in [-0.2, -0.15) is 10.2 Å². The lowest BCUT2D eigenvalue weighted by Crippen LogP contribution is -2.15. The number of hydrogen-bond donors (Lipinski definition) is 0. The number of benzene rings is 1. The summed E-state index contributed by atoms with van der Waals surface area (Å²) >= 11 is 0. The summed E-state index contributed by atoms with van der Waals surface area (Å²) in [4.78, 5) is 23.7. The van der Waals surface area contributed by atoms with Gasteiger partial charge in [0.25, 0.3) is 5.69 Å². The molecule has 0 unspecified atom stereocenters. The first-order valence-corrected chi connectivity index (χ1v) is 12.4. The molecule has 38 heavy (non-hydrogen) atoms. The fourth-order valence-electron chi connectivity index (χ4n) is 4.08. The molecule has 12 nitrogen and oxygen atoms in total. The van der Waals surface area contributed by atoms with Crippen molar-refractivity contribution in [3.05, 3.63) is 51.3 Å². The van der Waals surface area contributed by atoms with Crippen LogP contribution in [0.4, 0.5) is 23.0 Å². The number of aromatic nitrogens is 4. The number of rotatable bonds is 9. The van der Waals surface area contributed by atoms with Crippen LogP contribution in [0.2, 0.25) is 0 Å². The van der Waals surface area contributed by atoms with Gasteiger partial charge in [0.1, 0.15) is 6.61 Å². The Balaban J connectivity index is 2.32. The minimum absolute atomic E-state index is 0.0533. The highest BCUT2D eigenvalue weighted by molar-refractivity contribution is 5.66. The molecular formula is C26H38N8O4. The fraction of sp³-hybridized carbons (Fsp3) is 0.538. The van der Waals surface area contributed by atoms with Crippen molar-refractivity contribution in [1.29, 1.82) is 0 Å². The Hall–Kier alpha value is -3.64. The van der Waals surface area contributed by atoms with Crippen LogP contribution in [-0.4, -0.2) is 45.2 Å². The lowest BCUT2D eigenvalue weighted by molar-refractivity contribution is -0.384. The fourth-order valence-corrected chi connectivity index (χ4v) is 4.08. The molecule has 0 spiro atoms. The van der Waals surface area contributed by atoms with Crippen LogP contribution in [0, 0.1) is 10.1 Å². The molecule has 0 saturated heterocycles. The summed E-state index contributed by atoms with van der Waals surface area (Å²) in [7, 11) is 5.72. The van der Waals surface area contributed by atoms with Crippen LogP contribution in [0.25, 0.3) is 5.69 Å². The maximum atomic E-state index is 11.5. The van der Waals surface area contributed by atoms with Crippen molar-refractivity contribution in [3.63, 3.8) is 0 Å². The molecule has 3 rings (SSSR count). The van der Waals surface area contributed by atoms with Crippen LogP contribution >= 0.6 is 0 Å². The van der Waals surface area contributed by atoms with Crippen LogP contribution in [0.15, 0.2) is 34.5 Å². The smallest absolute Gasteiger partial charge is 0.271 e. The van der Waals surface area contributed by atoms with Gasteiger partial charge in [-0.1, -0.05) is 47.6 Å². The molecule has 0 saturated carbocycles. The van der Waals surface area contributed by atoms with Crippen molar-refractivity contribution in [1.82, 2.24) is 19.6 Å². The number of nitrogens with zero attached hydrogens (tertiary/aromatic N) is 8. The first-order valence-electron chi connectivity index (χ1n) is 12.4. The second kappa shape index (κ2) is 11.0. The molecular weight excluding hydrogens is 488 g/mol. The third-order valence-corrected chi connectivity index (χ3v) is 5.73. The standard InChI is InChI=1S/C26H38N8O4/c1-11-37-38-16-19-21(25(2,3)4)30-33(17-13-12-14-18(15-17)34(35)36)23(19)28-27-20-22(26(5,6)7)29-32(10)24(20)31(8)9/h12-15H,11,16H2,1-10H3. The van der Waals surface area contributed by atoms with Gasteiger partial charge in [-0.05, 0) is 13.0 Å². The number of hydrogen-bond acceptors (Lipinski definition) is 9. The van der Waals surface area contributed by atoms with Crippen molar-refractivity contribution in [2.24, 2.45) is 17.3 Å². The molecule has 1 aromatic carbocycles. The van der Waals surface area contributed by atoms with Gasteiger partial charge in [0, 0.05) is 44.1 Å². The number of non-ortho nitro benzene ring substituents is 1. The molecule has 0 amide bonds. The molecule has 206 valence electrons. The molecule has 0 N–H and O–H groups in total. The van der Waals surface area contributed by atoms with Crippen LogP contribution in [-0.2, 0) is 34.3 Å². The average Bonchev–Trinajstić information content (AvgIpc) is 3.35. The van der Waals surface area contributed by atoms with Crippen LogP contribution in [0.1, 0.15) is 65.4 Å². The Bertz CT molecular complexity index is 1330. The Labute approximate surface area is 223 Å². The van der Waals surface area contributed by atoms with Crippen molar-refractivity contribution in [2.75, 3.05) is 25.6 Å². The van der Waals surface area contributed by atoms with Gasteiger partial charge in [0.2, 0.25) is 0 Å². The molecule has 2 heterocycles. The molecule has 3 aromatic rings. The predicted octanol–water partition coefficient (Wildman–Crippen LogP) is 6.06. The van der Waals surface area contributed by atoms with Gasteiger partial charge >= 0.3 is 0 Å². The summed E-state index contributed by atoms with van der Waals surface area (Å²) in [5, 5.41) is 30.5. The Kier molecular flexibility index (Phi) is 8.37. The SMILES string of the molecule is CCOOCc1c(C(C)(C)C)nn(-c2cccc([N+](=O)[O-])c2)c1N=Nc1c(C(C)(C)C)nn(C)c1N(C)C. The summed E-state index contributed by atoms with van der Waals surface area (Å²) in [6.45, 7) is 14.6. The number of nitro groups is 1. The van der Waals surface area contributed by atoms with E-state index in [0.717, 1.165) is 11.5 Å². The highest BCUT2D eigenvalue weighted by Crippen LogP contribution is 2.41. The second-order valence-corrected chi connectivity index (χ2v) is 11.2. The van der Waals surface area contributed by atoms with Gasteiger partial charge in [0.15, 0.2) is 17.3 Å². The van der Waals surface area contributed by atoms with Gasteiger partial charge in [-0.25, -0.2) is 14.5 Å². The lowest BCUT2D eigenvalue weighted by Gasteiger charge is -2.17.